The molecular formula is C2H9NOSSi. The van der Waals surface area contributed by atoms with Crippen LogP contribution in [0.4, 0.5) is 0 Å². The Kier molecular flexibility index (Phi) is 3.97. The second-order valence-electron chi connectivity index (χ2n) is 1.34. The molecule has 0 rings (SSSR count). The highest BCUT2D eigenvalue weighted by Crippen LogP contribution is 1.74. The predicted molar refractivity (Wildman–Crippen MR) is 32.3 cm³/mol. The van der Waals surface area contributed by atoms with E-state index in [2.05, 4.69) is 16.8 Å². The van der Waals surface area contributed by atoms with Crippen molar-refractivity contribution in [3.8, 4) is 0 Å². The minimum atomic E-state index is -0.446. The standard InChI is InChI=1S/C2H9NOSSi/c1-3(2)6-4-5/h5H,6H2,1-2H3. The predicted octanol–water partition coefficient (Wildman–Crippen LogP) is -0.592. The Morgan fingerprint density at radius 1 is 1.67 bits per heavy atom. The summed E-state index contributed by atoms with van der Waals surface area (Å²) < 4.78 is 6.58. The number of hydrogen-bond donors (Lipinski definition) is 1. The van der Waals surface area contributed by atoms with E-state index in [0.717, 1.165) is 0 Å². The van der Waals surface area contributed by atoms with Crippen molar-refractivity contribution < 1.29 is 3.87 Å². The summed E-state index contributed by atoms with van der Waals surface area (Å²) in [4.78, 5) is 0. The van der Waals surface area contributed by atoms with Crippen LogP contribution in [0.1, 0.15) is 0 Å². The minimum Gasteiger partial charge on any atom is -0.348 e. The molecule has 0 aromatic heterocycles. The van der Waals surface area contributed by atoms with Crippen molar-refractivity contribution in [2.24, 2.45) is 0 Å². The van der Waals surface area contributed by atoms with E-state index in [1.807, 2.05) is 18.7 Å². The van der Waals surface area contributed by atoms with Crippen molar-refractivity contribution in [1.29, 1.82) is 0 Å². The lowest BCUT2D eigenvalue weighted by molar-refractivity contribution is 0.553. The van der Waals surface area contributed by atoms with Gasteiger partial charge in [0.1, 0.15) is 0 Å². The molecule has 0 aromatic carbocycles. The maximum Gasteiger partial charge on any atom is 0.254 e. The molecular weight excluding hydrogens is 114 g/mol. The topological polar surface area (TPSA) is 12.5 Å². The Hall–Kier alpha value is 0.487. The van der Waals surface area contributed by atoms with Crippen LogP contribution in [0, 0.1) is 0 Å². The molecule has 0 radical (unpaired) electrons. The van der Waals surface area contributed by atoms with Crippen molar-refractivity contribution in [2.75, 3.05) is 14.1 Å². The maximum absolute atomic E-state index is 4.56. The molecule has 0 N–H and O–H groups in total. The molecule has 0 bridgehead atoms. The van der Waals surface area contributed by atoms with Crippen LogP contribution in [0.2, 0.25) is 0 Å². The summed E-state index contributed by atoms with van der Waals surface area (Å²) in [5, 5.41) is 0. The first-order valence-electron chi connectivity index (χ1n) is 1.68. The van der Waals surface area contributed by atoms with E-state index in [-0.39, 0.29) is 0 Å². The van der Waals surface area contributed by atoms with Gasteiger partial charge in [-0.15, -0.1) is 0 Å². The van der Waals surface area contributed by atoms with E-state index in [9.17, 15) is 0 Å². The summed E-state index contributed by atoms with van der Waals surface area (Å²) in [5.41, 5.74) is 0. The lowest BCUT2D eigenvalue weighted by Gasteiger charge is -2.02. The number of hydrogen-bond acceptors (Lipinski definition) is 3. The molecule has 6 heavy (non-hydrogen) atoms. The van der Waals surface area contributed by atoms with Gasteiger partial charge in [-0.1, -0.05) is 0 Å². The van der Waals surface area contributed by atoms with Crippen molar-refractivity contribution >= 4 is 22.8 Å². The summed E-state index contributed by atoms with van der Waals surface area (Å²) >= 11 is 3.58. The van der Waals surface area contributed by atoms with Crippen LogP contribution < -0.4 is 0 Å². The van der Waals surface area contributed by atoms with Gasteiger partial charge >= 0.3 is 0 Å². The van der Waals surface area contributed by atoms with Crippen molar-refractivity contribution in [1.82, 2.24) is 4.57 Å². The molecule has 0 aliphatic carbocycles. The molecule has 0 aliphatic rings. The van der Waals surface area contributed by atoms with E-state index in [4.69, 9.17) is 0 Å². The quantitative estimate of drug-likeness (QED) is 0.299. The summed E-state index contributed by atoms with van der Waals surface area (Å²) in [5.74, 6) is 0. The fourth-order valence-corrected chi connectivity index (χ4v) is 1.04. The zero-order valence-electron chi connectivity index (χ0n) is 4.01. The lowest BCUT2D eigenvalue weighted by atomic mass is 11.3. The Morgan fingerprint density at radius 3 is 2.17 bits per heavy atom. The molecule has 38 valence electrons. The summed E-state index contributed by atoms with van der Waals surface area (Å²) in [6, 6.07) is 0. The van der Waals surface area contributed by atoms with Gasteiger partial charge in [0.25, 0.3) is 9.92 Å². The molecule has 0 fully saturated rings. The summed E-state index contributed by atoms with van der Waals surface area (Å²) in [6.45, 7) is 0. The molecule has 0 spiro atoms. The van der Waals surface area contributed by atoms with E-state index in [0.29, 0.717) is 0 Å². The second-order valence-corrected chi connectivity index (χ2v) is 3.89. The van der Waals surface area contributed by atoms with Gasteiger partial charge < -0.3 is 8.44 Å². The van der Waals surface area contributed by atoms with E-state index in [1.54, 1.807) is 0 Å². The van der Waals surface area contributed by atoms with Gasteiger partial charge in [-0.25, -0.2) is 0 Å². The largest absolute Gasteiger partial charge is 0.348 e. The fourth-order valence-electron chi connectivity index (χ4n) is 0.115. The third-order valence-corrected chi connectivity index (χ3v) is 1.29. The van der Waals surface area contributed by atoms with Crippen LogP contribution in [0.3, 0.4) is 0 Å². The Bertz CT molecular complexity index is 34.7. The Balaban J connectivity index is 2.63. The van der Waals surface area contributed by atoms with E-state index >= 15 is 0 Å². The molecule has 0 saturated carbocycles. The average Bonchev–Trinajstić information content (AvgIpc) is 1.35. The van der Waals surface area contributed by atoms with Crippen molar-refractivity contribution in [3.05, 3.63) is 0 Å². The minimum absolute atomic E-state index is 0.446. The van der Waals surface area contributed by atoms with Gasteiger partial charge in [-0.2, -0.15) is 0 Å². The summed E-state index contributed by atoms with van der Waals surface area (Å²) in [6.07, 6.45) is 0. The highest BCUT2D eigenvalue weighted by atomic mass is 32.1. The van der Waals surface area contributed by atoms with Crippen LogP contribution in [0.5, 0.6) is 0 Å². The van der Waals surface area contributed by atoms with Gasteiger partial charge in [-0.3, -0.25) is 0 Å². The van der Waals surface area contributed by atoms with Gasteiger partial charge in [-0.05, 0) is 27.0 Å². The molecule has 0 amide bonds. The lowest BCUT2D eigenvalue weighted by Crippen LogP contribution is -2.16. The molecule has 4 heteroatoms. The van der Waals surface area contributed by atoms with E-state index in [1.165, 1.54) is 0 Å². The number of rotatable bonds is 2. The number of thiol groups is 1. The van der Waals surface area contributed by atoms with Crippen molar-refractivity contribution in [3.63, 3.8) is 0 Å². The van der Waals surface area contributed by atoms with Crippen LogP contribution in [0.15, 0.2) is 0 Å². The zero-order valence-corrected chi connectivity index (χ0v) is 6.32. The summed E-state index contributed by atoms with van der Waals surface area (Å²) in [7, 11) is 3.50. The van der Waals surface area contributed by atoms with Crippen LogP contribution >= 0.6 is 12.9 Å². The Morgan fingerprint density at radius 2 is 2.17 bits per heavy atom. The highest BCUT2D eigenvalue weighted by Gasteiger charge is 1.82. The van der Waals surface area contributed by atoms with Gasteiger partial charge in [0.2, 0.25) is 0 Å². The maximum atomic E-state index is 4.56. The SMILES string of the molecule is CN(C)[SiH2]OS. The average molecular weight is 123 g/mol. The Labute approximate surface area is 46.1 Å². The molecule has 0 unspecified atom stereocenters. The molecule has 0 aliphatic heterocycles. The third-order valence-electron chi connectivity index (χ3n) is 0.316. The smallest absolute Gasteiger partial charge is 0.254 e. The number of nitrogens with zero attached hydrogens (tertiary/aromatic N) is 1. The van der Waals surface area contributed by atoms with Crippen LogP contribution in [0.25, 0.3) is 0 Å². The van der Waals surface area contributed by atoms with Crippen molar-refractivity contribution in [2.45, 2.75) is 0 Å². The first-order chi connectivity index (χ1) is 2.77. The monoisotopic (exact) mass is 123 g/mol. The molecule has 2 nitrogen and oxygen atoms in total. The first kappa shape index (κ1) is 6.49. The fraction of sp³-hybridized carbons (Fsp3) is 1.00. The molecule has 0 heterocycles. The molecule has 0 aromatic rings. The van der Waals surface area contributed by atoms with Gasteiger partial charge in [0.15, 0.2) is 0 Å². The van der Waals surface area contributed by atoms with Gasteiger partial charge in [0.05, 0.1) is 0 Å². The normalized spacial score (nSPS) is 12.0. The molecule has 0 saturated heterocycles. The van der Waals surface area contributed by atoms with Gasteiger partial charge in [0, 0.05) is 0 Å². The molecule has 0 atom stereocenters. The highest BCUT2D eigenvalue weighted by molar-refractivity contribution is 7.75. The zero-order chi connectivity index (χ0) is 4.99. The van der Waals surface area contributed by atoms with E-state index < -0.39 is 9.92 Å². The third kappa shape index (κ3) is 4.49. The first-order valence-corrected chi connectivity index (χ1v) is 3.26. The van der Waals surface area contributed by atoms with Crippen LogP contribution in [-0.4, -0.2) is 28.6 Å². The second kappa shape index (κ2) is 3.67. The van der Waals surface area contributed by atoms with Crippen LogP contribution in [-0.2, 0) is 3.87 Å².